The van der Waals surface area contributed by atoms with Crippen LogP contribution in [0.2, 0.25) is 0 Å². The third kappa shape index (κ3) is 3.20. The van der Waals surface area contributed by atoms with Crippen molar-refractivity contribution in [1.82, 2.24) is 4.90 Å². The summed E-state index contributed by atoms with van der Waals surface area (Å²) in [6, 6.07) is -0.824. The van der Waals surface area contributed by atoms with Gasteiger partial charge in [0.2, 0.25) is 0 Å². The first kappa shape index (κ1) is 12.7. The Kier molecular flexibility index (Phi) is 5.59. The minimum atomic E-state index is -1.19. The van der Waals surface area contributed by atoms with Crippen LogP contribution in [0, 0.1) is 0 Å². The predicted molar refractivity (Wildman–Crippen MR) is 52.0 cm³/mol. The van der Waals surface area contributed by atoms with Gasteiger partial charge in [-0.3, -0.25) is 4.90 Å². The molecule has 0 aromatic heterocycles. The van der Waals surface area contributed by atoms with E-state index in [4.69, 9.17) is 10.2 Å². The minimum Gasteiger partial charge on any atom is -0.465 e. The van der Waals surface area contributed by atoms with Gasteiger partial charge in [-0.2, -0.15) is 0 Å². The van der Waals surface area contributed by atoms with Crippen LogP contribution in [0.3, 0.4) is 0 Å². The molecule has 0 aliphatic rings. The van der Waals surface area contributed by atoms with Crippen LogP contribution in [0.5, 0.6) is 0 Å². The van der Waals surface area contributed by atoms with E-state index >= 15 is 0 Å². The maximum absolute atomic E-state index is 10.7. The smallest absolute Gasteiger partial charge is 0.408 e. The SMILES string of the molecule is C=CCN(C(=O)O)[C@@H](C=C)[C@H](O)CO. The van der Waals surface area contributed by atoms with E-state index in [9.17, 15) is 9.90 Å². The Morgan fingerprint density at radius 2 is 2.07 bits per heavy atom. The fourth-order valence-electron chi connectivity index (χ4n) is 1.07. The van der Waals surface area contributed by atoms with E-state index < -0.39 is 24.8 Å². The highest BCUT2D eigenvalue weighted by Gasteiger charge is 2.25. The number of aliphatic hydroxyl groups excluding tert-OH is 2. The molecule has 0 saturated heterocycles. The Labute approximate surface area is 82.6 Å². The molecule has 0 spiro atoms. The molecule has 80 valence electrons. The first-order valence-electron chi connectivity index (χ1n) is 4.10. The van der Waals surface area contributed by atoms with Crippen LogP contribution in [0.25, 0.3) is 0 Å². The Morgan fingerprint density at radius 3 is 2.36 bits per heavy atom. The summed E-state index contributed by atoms with van der Waals surface area (Å²) in [5.41, 5.74) is 0. The third-order valence-corrected chi connectivity index (χ3v) is 1.75. The molecule has 0 heterocycles. The predicted octanol–water partition coefficient (Wildman–Crippen LogP) is 0.0602. The summed E-state index contributed by atoms with van der Waals surface area (Å²) < 4.78 is 0. The molecule has 5 heteroatoms. The topological polar surface area (TPSA) is 81.0 Å². The number of hydrogen-bond donors (Lipinski definition) is 3. The molecule has 0 bridgehead atoms. The highest BCUT2D eigenvalue weighted by molar-refractivity contribution is 5.66. The Hall–Kier alpha value is -1.33. The van der Waals surface area contributed by atoms with Gasteiger partial charge in [-0.05, 0) is 0 Å². The van der Waals surface area contributed by atoms with Crippen molar-refractivity contribution < 1.29 is 20.1 Å². The summed E-state index contributed by atoms with van der Waals surface area (Å²) >= 11 is 0. The van der Waals surface area contributed by atoms with Gasteiger partial charge >= 0.3 is 6.09 Å². The van der Waals surface area contributed by atoms with Crippen molar-refractivity contribution in [2.45, 2.75) is 12.1 Å². The van der Waals surface area contributed by atoms with Crippen LogP contribution in [-0.4, -0.2) is 51.6 Å². The molecule has 0 saturated carbocycles. The van der Waals surface area contributed by atoms with Crippen LogP contribution in [-0.2, 0) is 0 Å². The van der Waals surface area contributed by atoms with Crippen LogP contribution in [0.15, 0.2) is 25.3 Å². The molecular weight excluding hydrogens is 186 g/mol. The molecule has 0 aromatic carbocycles. The van der Waals surface area contributed by atoms with Crippen molar-refractivity contribution in [3.8, 4) is 0 Å². The van der Waals surface area contributed by atoms with E-state index in [1.165, 1.54) is 12.2 Å². The maximum Gasteiger partial charge on any atom is 0.408 e. The molecule has 5 nitrogen and oxygen atoms in total. The Bertz CT molecular complexity index is 217. The van der Waals surface area contributed by atoms with E-state index in [-0.39, 0.29) is 6.54 Å². The molecule has 2 atom stereocenters. The summed E-state index contributed by atoms with van der Waals surface area (Å²) in [5.74, 6) is 0. The van der Waals surface area contributed by atoms with E-state index in [1.807, 2.05) is 0 Å². The molecule has 0 aromatic rings. The first-order valence-corrected chi connectivity index (χ1v) is 4.10. The second-order valence-electron chi connectivity index (χ2n) is 2.70. The van der Waals surface area contributed by atoms with Gasteiger partial charge in [-0.15, -0.1) is 13.2 Å². The van der Waals surface area contributed by atoms with Gasteiger partial charge in [0.25, 0.3) is 0 Å². The number of carbonyl (C=O) groups is 1. The van der Waals surface area contributed by atoms with E-state index in [1.54, 1.807) is 0 Å². The van der Waals surface area contributed by atoms with Crippen molar-refractivity contribution in [3.05, 3.63) is 25.3 Å². The first-order chi connectivity index (χ1) is 6.58. The van der Waals surface area contributed by atoms with E-state index in [0.717, 1.165) is 4.90 Å². The number of rotatable bonds is 6. The highest BCUT2D eigenvalue weighted by atomic mass is 16.4. The normalized spacial score (nSPS) is 14.1. The lowest BCUT2D eigenvalue weighted by Crippen LogP contribution is -2.46. The summed E-state index contributed by atoms with van der Waals surface area (Å²) in [4.78, 5) is 11.7. The lowest BCUT2D eigenvalue weighted by molar-refractivity contribution is 0.0352. The highest BCUT2D eigenvalue weighted by Crippen LogP contribution is 2.06. The molecular formula is C9H15NO4. The monoisotopic (exact) mass is 201 g/mol. The van der Waals surface area contributed by atoms with E-state index in [2.05, 4.69) is 13.2 Å². The number of hydrogen-bond acceptors (Lipinski definition) is 3. The van der Waals surface area contributed by atoms with Crippen LogP contribution in [0.1, 0.15) is 0 Å². The van der Waals surface area contributed by atoms with Gasteiger partial charge in [-0.1, -0.05) is 12.2 Å². The van der Waals surface area contributed by atoms with Gasteiger partial charge < -0.3 is 15.3 Å². The molecule has 0 unspecified atom stereocenters. The Morgan fingerprint density at radius 1 is 1.50 bits per heavy atom. The second kappa shape index (κ2) is 6.17. The Balaban J connectivity index is 4.65. The largest absolute Gasteiger partial charge is 0.465 e. The van der Waals surface area contributed by atoms with Crippen molar-refractivity contribution in [2.75, 3.05) is 13.2 Å². The zero-order valence-electron chi connectivity index (χ0n) is 7.83. The lowest BCUT2D eigenvalue weighted by atomic mass is 10.1. The summed E-state index contributed by atoms with van der Waals surface area (Å²) in [6.45, 7) is 6.36. The summed E-state index contributed by atoms with van der Waals surface area (Å²) in [6.07, 6.45) is 0.318. The maximum atomic E-state index is 10.7. The number of carboxylic acid groups (broad SMARTS) is 1. The summed E-state index contributed by atoms with van der Waals surface area (Å²) in [5, 5.41) is 26.8. The number of amides is 1. The molecule has 14 heavy (non-hydrogen) atoms. The van der Waals surface area contributed by atoms with Crippen molar-refractivity contribution in [2.24, 2.45) is 0 Å². The zero-order valence-corrected chi connectivity index (χ0v) is 7.83. The average molecular weight is 201 g/mol. The van der Waals surface area contributed by atoms with Gasteiger partial charge in [-0.25, -0.2) is 4.79 Å². The van der Waals surface area contributed by atoms with Gasteiger partial charge in [0.05, 0.1) is 12.6 Å². The van der Waals surface area contributed by atoms with Crippen molar-refractivity contribution in [1.29, 1.82) is 0 Å². The second-order valence-corrected chi connectivity index (χ2v) is 2.70. The standard InChI is InChI=1S/C9H15NO4/c1-3-5-10(9(13)14)7(4-2)8(12)6-11/h3-4,7-8,11-12H,1-2,5-6H2,(H,13,14)/t7-,8+/m0/s1. The average Bonchev–Trinajstić information content (AvgIpc) is 2.16. The minimum absolute atomic E-state index is 0.0725. The third-order valence-electron chi connectivity index (χ3n) is 1.75. The fraction of sp³-hybridized carbons (Fsp3) is 0.444. The van der Waals surface area contributed by atoms with Gasteiger partial charge in [0.15, 0.2) is 0 Å². The molecule has 0 rings (SSSR count). The van der Waals surface area contributed by atoms with Crippen LogP contribution in [0.4, 0.5) is 4.79 Å². The number of nitrogens with zero attached hydrogens (tertiary/aromatic N) is 1. The van der Waals surface area contributed by atoms with Crippen molar-refractivity contribution >= 4 is 6.09 Å². The molecule has 0 radical (unpaired) electrons. The van der Waals surface area contributed by atoms with Gasteiger partial charge in [0.1, 0.15) is 6.10 Å². The van der Waals surface area contributed by atoms with Gasteiger partial charge in [0, 0.05) is 6.54 Å². The van der Waals surface area contributed by atoms with Crippen LogP contribution < -0.4 is 0 Å². The van der Waals surface area contributed by atoms with E-state index in [0.29, 0.717) is 0 Å². The molecule has 0 aliphatic carbocycles. The fourth-order valence-corrected chi connectivity index (χ4v) is 1.07. The molecule has 0 fully saturated rings. The molecule has 0 aliphatic heterocycles. The van der Waals surface area contributed by atoms with Crippen molar-refractivity contribution in [3.63, 3.8) is 0 Å². The van der Waals surface area contributed by atoms with Crippen LogP contribution >= 0.6 is 0 Å². The summed E-state index contributed by atoms with van der Waals surface area (Å²) in [7, 11) is 0. The number of aliphatic hydroxyl groups is 2. The zero-order chi connectivity index (χ0) is 11.1. The molecule has 1 amide bonds. The molecule has 3 N–H and O–H groups in total. The lowest BCUT2D eigenvalue weighted by Gasteiger charge is -2.28. The quantitative estimate of drug-likeness (QED) is 0.531.